The van der Waals surface area contributed by atoms with Crippen LogP contribution < -0.4 is 32.2 Å². The second-order valence-corrected chi connectivity index (χ2v) is 15.1. The van der Waals surface area contributed by atoms with E-state index in [0.29, 0.717) is 116 Å². The topological polar surface area (TPSA) is 249 Å². The number of fused-ring (bicyclic) bond motifs is 2. The standard InChI is InChI=1S/C42H54N14O6/c1-5-55-33(20-26(3)50-55)39(59)48-41-46-30-24-29(45-36(57)25-43)10-11-32(30)53(41)13-7-8-14-54-37-31(47-42(54)49-40(60)34-21-27(4)51-56(34)6-2)22-28(38(44)58)23-35(37)62-17-9-12-52-15-18-61-19-16-52/h10-11,20-24H,5-9,12-19,25,43H2,1-4H3,(H2,44,58)(H,45,57)(H,46,48,59)(H,47,49,60). The molecule has 328 valence electrons. The maximum atomic E-state index is 13.8. The molecule has 0 bridgehead atoms. The number of aryl methyl sites for hydroxylation is 6. The first-order chi connectivity index (χ1) is 30.0. The maximum absolute atomic E-state index is 13.8. The molecule has 1 aliphatic heterocycles. The first kappa shape index (κ1) is 43.4. The SMILES string of the molecule is CCn1nc(C)cc1C(=O)Nc1nc2cc(NC(=O)CN)ccc2n1CCCCn1c(NC(=O)c2cc(C)nn2CC)nc2cc(C(N)=O)cc(OCCCN3CCOCC3)c21. The number of aromatic nitrogens is 8. The number of morpholine rings is 1. The van der Waals surface area contributed by atoms with Gasteiger partial charge in [-0.1, -0.05) is 0 Å². The Kier molecular flexibility index (Phi) is 13.6. The van der Waals surface area contributed by atoms with Crippen molar-refractivity contribution in [2.24, 2.45) is 11.5 Å². The number of hydrogen-bond donors (Lipinski definition) is 5. The van der Waals surface area contributed by atoms with Gasteiger partial charge in [0, 0.05) is 57.1 Å². The lowest BCUT2D eigenvalue weighted by atomic mass is 10.1. The van der Waals surface area contributed by atoms with Crippen molar-refractivity contribution in [3.8, 4) is 5.75 Å². The minimum atomic E-state index is -0.633. The molecule has 5 heterocycles. The molecule has 1 saturated heterocycles. The number of benzene rings is 2. The molecule has 6 aromatic rings. The molecule has 1 fully saturated rings. The number of ether oxygens (including phenoxy) is 2. The molecular weight excluding hydrogens is 797 g/mol. The summed E-state index contributed by atoms with van der Waals surface area (Å²) in [5.41, 5.74) is 16.6. The summed E-state index contributed by atoms with van der Waals surface area (Å²) in [6, 6.07) is 12.0. The molecule has 0 atom stereocenters. The van der Waals surface area contributed by atoms with Crippen LogP contribution in [0.3, 0.4) is 0 Å². The van der Waals surface area contributed by atoms with Crippen LogP contribution in [-0.4, -0.2) is 113 Å². The third-order valence-corrected chi connectivity index (χ3v) is 10.6. The zero-order valence-electron chi connectivity index (χ0n) is 35.6. The quantitative estimate of drug-likeness (QED) is 0.0735. The average molecular weight is 851 g/mol. The van der Waals surface area contributed by atoms with E-state index in [9.17, 15) is 19.2 Å². The Balaban J connectivity index is 1.18. The highest BCUT2D eigenvalue weighted by molar-refractivity contribution is 6.05. The minimum Gasteiger partial charge on any atom is -0.491 e. The fourth-order valence-electron chi connectivity index (χ4n) is 7.64. The fourth-order valence-corrected chi connectivity index (χ4v) is 7.64. The number of nitrogens with zero attached hydrogens (tertiary/aromatic N) is 9. The van der Waals surface area contributed by atoms with Crippen LogP contribution in [-0.2, 0) is 35.7 Å². The number of nitrogens with one attached hydrogen (secondary N) is 3. The Morgan fingerprint density at radius 3 is 1.98 bits per heavy atom. The number of unbranched alkanes of at least 4 members (excludes halogenated alkanes) is 1. The molecule has 2 aromatic carbocycles. The summed E-state index contributed by atoms with van der Waals surface area (Å²) in [5, 5.41) is 17.6. The van der Waals surface area contributed by atoms with Crippen LogP contribution in [0, 0.1) is 13.8 Å². The van der Waals surface area contributed by atoms with Crippen molar-refractivity contribution in [3.63, 3.8) is 0 Å². The number of rotatable bonds is 19. The molecule has 7 rings (SSSR count). The van der Waals surface area contributed by atoms with Crippen LogP contribution >= 0.6 is 0 Å². The van der Waals surface area contributed by atoms with Crippen molar-refractivity contribution in [1.29, 1.82) is 0 Å². The van der Waals surface area contributed by atoms with Crippen molar-refractivity contribution in [2.75, 3.05) is 62.0 Å². The second-order valence-electron chi connectivity index (χ2n) is 15.1. The van der Waals surface area contributed by atoms with Gasteiger partial charge in [0.15, 0.2) is 0 Å². The molecule has 62 heavy (non-hydrogen) atoms. The van der Waals surface area contributed by atoms with Crippen LogP contribution in [0.2, 0.25) is 0 Å². The van der Waals surface area contributed by atoms with E-state index in [1.165, 1.54) is 0 Å². The number of primary amides is 1. The van der Waals surface area contributed by atoms with Crippen LogP contribution in [0.5, 0.6) is 5.75 Å². The van der Waals surface area contributed by atoms with E-state index in [2.05, 4.69) is 31.0 Å². The maximum Gasteiger partial charge on any atom is 0.276 e. The van der Waals surface area contributed by atoms with Gasteiger partial charge < -0.3 is 35.4 Å². The first-order valence-corrected chi connectivity index (χ1v) is 20.9. The van der Waals surface area contributed by atoms with Gasteiger partial charge in [-0.05, 0) is 89.4 Å². The summed E-state index contributed by atoms with van der Waals surface area (Å²) in [6.45, 7) is 13.4. The van der Waals surface area contributed by atoms with Crippen LogP contribution in [0.25, 0.3) is 22.1 Å². The number of hydrogen-bond acceptors (Lipinski definition) is 12. The minimum absolute atomic E-state index is 0.173. The molecule has 0 unspecified atom stereocenters. The van der Waals surface area contributed by atoms with Gasteiger partial charge in [0.25, 0.3) is 11.8 Å². The van der Waals surface area contributed by atoms with Crippen LogP contribution in [0.1, 0.15) is 75.8 Å². The van der Waals surface area contributed by atoms with Crippen molar-refractivity contribution in [3.05, 3.63) is 70.8 Å². The van der Waals surface area contributed by atoms with Crippen molar-refractivity contribution >= 4 is 63.3 Å². The Labute approximate surface area is 357 Å². The number of nitrogens with two attached hydrogens (primary N) is 2. The van der Waals surface area contributed by atoms with Crippen molar-refractivity contribution in [1.82, 2.24) is 43.6 Å². The lowest BCUT2D eigenvalue weighted by Crippen LogP contribution is -2.37. The fraction of sp³-hybridized carbons (Fsp3) is 0.429. The van der Waals surface area contributed by atoms with E-state index in [0.717, 1.165) is 31.6 Å². The van der Waals surface area contributed by atoms with Crippen molar-refractivity contribution in [2.45, 2.75) is 73.1 Å². The highest BCUT2D eigenvalue weighted by atomic mass is 16.5. The first-order valence-electron chi connectivity index (χ1n) is 20.9. The Hall–Kier alpha value is -6.64. The van der Waals surface area contributed by atoms with Crippen LogP contribution in [0.15, 0.2) is 42.5 Å². The predicted molar refractivity (Wildman–Crippen MR) is 233 cm³/mol. The Morgan fingerprint density at radius 1 is 0.758 bits per heavy atom. The summed E-state index contributed by atoms with van der Waals surface area (Å²) in [4.78, 5) is 64.0. The number of anilines is 3. The molecule has 20 heteroatoms. The summed E-state index contributed by atoms with van der Waals surface area (Å²) in [7, 11) is 0. The number of carbonyl (C=O) groups excluding carboxylic acids is 4. The summed E-state index contributed by atoms with van der Waals surface area (Å²) < 4.78 is 19.0. The lowest BCUT2D eigenvalue weighted by molar-refractivity contribution is -0.114. The van der Waals surface area contributed by atoms with Gasteiger partial charge in [-0.2, -0.15) is 10.2 Å². The Morgan fingerprint density at radius 2 is 1.37 bits per heavy atom. The molecule has 4 aromatic heterocycles. The largest absolute Gasteiger partial charge is 0.491 e. The molecule has 0 saturated carbocycles. The molecule has 1 aliphatic rings. The van der Waals surface area contributed by atoms with E-state index < -0.39 is 5.91 Å². The number of amides is 4. The lowest BCUT2D eigenvalue weighted by Gasteiger charge is -2.26. The van der Waals surface area contributed by atoms with E-state index in [1.54, 1.807) is 45.8 Å². The van der Waals surface area contributed by atoms with Gasteiger partial charge in [0.05, 0.1) is 54.3 Å². The number of imidazole rings is 2. The summed E-state index contributed by atoms with van der Waals surface area (Å²) in [5.74, 6) is -0.720. The third-order valence-electron chi connectivity index (χ3n) is 10.6. The summed E-state index contributed by atoms with van der Waals surface area (Å²) >= 11 is 0. The molecule has 7 N–H and O–H groups in total. The molecule has 0 aliphatic carbocycles. The van der Waals surface area contributed by atoms with Gasteiger partial charge in [0.2, 0.25) is 23.7 Å². The van der Waals surface area contributed by atoms with Gasteiger partial charge in [-0.3, -0.25) is 44.1 Å². The van der Waals surface area contributed by atoms with Gasteiger partial charge >= 0.3 is 0 Å². The molecule has 0 spiro atoms. The predicted octanol–water partition coefficient (Wildman–Crippen LogP) is 3.52. The van der Waals surface area contributed by atoms with Gasteiger partial charge in [-0.15, -0.1) is 0 Å². The molecule has 4 amide bonds. The Bertz CT molecular complexity index is 2600. The second kappa shape index (κ2) is 19.4. The van der Waals surface area contributed by atoms with Crippen molar-refractivity contribution < 1.29 is 28.7 Å². The summed E-state index contributed by atoms with van der Waals surface area (Å²) in [6.07, 6.45) is 1.91. The molecular formula is C42H54N14O6. The van der Waals surface area contributed by atoms with Gasteiger partial charge in [-0.25, -0.2) is 9.97 Å². The van der Waals surface area contributed by atoms with Crippen LogP contribution in [0.4, 0.5) is 17.6 Å². The molecule has 20 nitrogen and oxygen atoms in total. The normalized spacial score (nSPS) is 13.2. The van der Waals surface area contributed by atoms with Gasteiger partial charge in [0.1, 0.15) is 22.7 Å². The monoisotopic (exact) mass is 850 g/mol. The highest BCUT2D eigenvalue weighted by Crippen LogP contribution is 2.32. The van der Waals surface area contributed by atoms with E-state index in [-0.39, 0.29) is 35.8 Å². The van der Waals surface area contributed by atoms with E-state index >= 15 is 0 Å². The zero-order valence-corrected chi connectivity index (χ0v) is 35.6. The van der Waals surface area contributed by atoms with E-state index in [4.69, 9.17) is 30.9 Å². The smallest absolute Gasteiger partial charge is 0.276 e. The van der Waals surface area contributed by atoms with E-state index in [1.807, 2.05) is 42.9 Å². The number of carbonyl (C=O) groups is 4. The molecule has 0 radical (unpaired) electrons. The highest BCUT2D eigenvalue weighted by Gasteiger charge is 2.23. The third kappa shape index (κ3) is 9.77. The zero-order chi connectivity index (χ0) is 43.9. The average Bonchev–Trinajstić information content (AvgIpc) is 4.03.